The van der Waals surface area contributed by atoms with Gasteiger partial charge in [0.2, 0.25) is 0 Å². The first-order valence-corrected chi connectivity index (χ1v) is 13.8. The molecule has 0 aliphatic carbocycles. The number of benzene rings is 3. The first kappa shape index (κ1) is 25.1. The van der Waals surface area contributed by atoms with E-state index in [1.807, 2.05) is 24.3 Å². The number of halogens is 1. The van der Waals surface area contributed by atoms with Crippen molar-refractivity contribution in [1.82, 2.24) is 15.1 Å². The Kier molecular flexibility index (Phi) is 5.96. The topological polar surface area (TPSA) is 101 Å². The van der Waals surface area contributed by atoms with E-state index < -0.39 is 21.0 Å². The second-order valence-electron chi connectivity index (χ2n) is 10.5. The molecule has 3 aromatic carbocycles. The van der Waals surface area contributed by atoms with Crippen LogP contribution in [0, 0.1) is 5.82 Å². The number of hydrogen-bond acceptors (Lipinski definition) is 5. The molecule has 2 heterocycles. The molecule has 0 spiro atoms. The zero-order chi connectivity index (χ0) is 26.6. The minimum atomic E-state index is -3.18. The monoisotopic (exact) mass is 521 g/mol. The van der Waals surface area contributed by atoms with Gasteiger partial charge in [-0.05, 0) is 81.3 Å². The summed E-state index contributed by atoms with van der Waals surface area (Å²) in [5.74, 6) is -0.798. The Morgan fingerprint density at radius 3 is 2.49 bits per heavy atom. The number of sulfone groups is 1. The van der Waals surface area contributed by atoms with Gasteiger partial charge in [0.25, 0.3) is 5.91 Å². The summed E-state index contributed by atoms with van der Waals surface area (Å²) in [5, 5.41) is 19.0. The maximum Gasteiger partial charge on any atom is 0.251 e. The van der Waals surface area contributed by atoms with Crippen molar-refractivity contribution in [3.63, 3.8) is 0 Å². The SMILES string of the molecule is CC1(NC(=O)c2ccc3c(-c4cccc(C(C)(C)O)c4)nn(-c4ccc(F)cc4)c3c2)CCS(=O)(=O)C1. The van der Waals surface area contributed by atoms with E-state index >= 15 is 0 Å². The number of aliphatic hydroxyl groups is 1. The molecule has 1 atom stereocenters. The highest BCUT2D eigenvalue weighted by atomic mass is 32.2. The van der Waals surface area contributed by atoms with Crippen LogP contribution < -0.4 is 5.32 Å². The molecular formula is C28H28FN3O4S. The average Bonchev–Trinajstić information content (AvgIpc) is 3.35. The Hall–Kier alpha value is -3.56. The summed E-state index contributed by atoms with van der Waals surface area (Å²) in [6.07, 6.45) is 0.360. The fourth-order valence-electron chi connectivity index (χ4n) is 4.75. The van der Waals surface area contributed by atoms with Gasteiger partial charge in [-0.3, -0.25) is 4.79 Å². The van der Waals surface area contributed by atoms with Crippen LogP contribution in [0.25, 0.3) is 27.8 Å². The lowest BCUT2D eigenvalue weighted by Crippen LogP contribution is -2.46. The third-order valence-corrected chi connectivity index (χ3v) is 8.68. The molecule has 37 heavy (non-hydrogen) atoms. The molecule has 7 nitrogen and oxygen atoms in total. The summed E-state index contributed by atoms with van der Waals surface area (Å²) in [6.45, 7) is 5.16. The van der Waals surface area contributed by atoms with E-state index in [0.29, 0.717) is 28.9 Å². The zero-order valence-electron chi connectivity index (χ0n) is 20.8. The lowest BCUT2D eigenvalue weighted by molar-refractivity contribution is 0.0786. The van der Waals surface area contributed by atoms with Gasteiger partial charge in [0.1, 0.15) is 11.5 Å². The Morgan fingerprint density at radius 1 is 1.11 bits per heavy atom. The number of carbonyl (C=O) groups excluding carboxylic acids is 1. The minimum absolute atomic E-state index is 0.0488. The van der Waals surface area contributed by atoms with Gasteiger partial charge in [-0.1, -0.05) is 18.2 Å². The molecule has 2 N–H and O–H groups in total. The molecule has 4 aromatic rings. The molecule has 0 saturated carbocycles. The van der Waals surface area contributed by atoms with Crippen molar-refractivity contribution in [2.45, 2.75) is 38.3 Å². The van der Waals surface area contributed by atoms with Gasteiger partial charge >= 0.3 is 0 Å². The summed E-state index contributed by atoms with van der Waals surface area (Å²) < 4.78 is 39.3. The Balaban J connectivity index is 1.62. The second kappa shape index (κ2) is 8.78. The zero-order valence-corrected chi connectivity index (χ0v) is 21.6. The quantitative estimate of drug-likeness (QED) is 0.406. The molecule has 5 rings (SSSR count). The van der Waals surface area contributed by atoms with Crippen LogP contribution in [-0.4, -0.2) is 46.3 Å². The smallest absolute Gasteiger partial charge is 0.251 e. The van der Waals surface area contributed by atoms with E-state index in [-0.39, 0.29) is 23.2 Å². The minimum Gasteiger partial charge on any atom is -0.386 e. The second-order valence-corrected chi connectivity index (χ2v) is 12.6. The van der Waals surface area contributed by atoms with Gasteiger partial charge in [-0.25, -0.2) is 17.5 Å². The summed E-state index contributed by atoms with van der Waals surface area (Å²) in [6, 6.07) is 18.6. The lowest BCUT2D eigenvalue weighted by Gasteiger charge is -2.23. The molecule has 192 valence electrons. The Bertz CT molecular complexity index is 1620. The molecule has 0 bridgehead atoms. The molecule has 9 heteroatoms. The predicted octanol–water partition coefficient (Wildman–Crippen LogP) is 4.37. The highest BCUT2D eigenvalue weighted by molar-refractivity contribution is 7.91. The van der Waals surface area contributed by atoms with E-state index in [0.717, 1.165) is 16.5 Å². The Morgan fingerprint density at radius 2 is 1.84 bits per heavy atom. The van der Waals surface area contributed by atoms with Gasteiger partial charge < -0.3 is 10.4 Å². The average molecular weight is 522 g/mol. The number of amides is 1. The van der Waals surface area contributed by atoms with Gasteiger partial charge in [-0.15, -0.1) is 0 Å². The van der Waals surface area contributed by atoms with E-state index in [1.165, 1.54) is 12.1 Å². The highest BCUT2D eigenvalue weighted by Gasteiger charge is 2.39. The molecule has 1 fully saturated rings. The van der Waals surface area contributed by atoms with Crippen LogP contribution >= 0.6 is 0 Å². The molecule has 0 radical (unpaired) electrons. The predicted molar refractivity (Wildman–Crippen MR) is 141 cm³/mol. The molecule has 1 amide bonds. The first-order chi connectivity index (χ1) is 17.3. The molecule has 1 aliphatic rings. The number of nitrogens with one attached hydrogen (secondary N) is 1. The van der Waals surface area contributed by atoms with Crippen LogP contribution in [0.1, 0.15) is 43.1 Å². The van der Waals surface area contributed by atoms with Crippen LogP contribution in [-0.2, 0) is 15.4 Å². The number of aromatic nitrogens is 2. The van der Waals surface area contributed by atoms with Gasteiger partial charge in [0, 0.05) is 16.5 Å². The largest absolute Gasteiger partial charge is 0.386 e. The fraction of sp³-hybridized carbons (Fsp3) is 0.286. The normalized spacial score (nSPS) is 19.3. The van der Waals surface area contributed by atoms with E-state index in [9.17, 15) is 22.7 Å². The van der Waals surface area contributed by atoms with E-state index in [1.54, 1.807) is 55.8 Å². The van der Waals surface area contributed by atoms with Gasteiger partial charge in [0.05, 0.1) is 33.8 Å². The maximum atomic E-state index is 13.6. The van der Waals surface area contributed by atoms with Gasteiger partial charge in [0.15, 0.2) is 9.84 Å². The number of carbonyl (C=O) groups is 1. The summed E-state index contributed by atoms with van der Waals surface area (Å²) in [5.41, 5.74) is 1.89. The maximum absolute atomic E-state index is 13.6. The van der Waals surface area contributed by atoms with Crippen LogP contribution in [0.15, 0.2) is 66.7 Å². The van der Waals surface area contributed by atoms with Crippen molar-refractivity contribution >= 4 is 26.6 Å². The van der Waals surface area contributed by atoms with Crippen LogP contribution in [0.2, 0.25) is 0 Å². The fourth-order valence-corrected chi connectivity index (χ4v) is 6.84. The number of nitrogens with zero attached hydrogens (tertiary/aromatic N) is 2. The summed E-state index contributed by atoms with van der Waals surface area (Å²) in [7, 11) is -3.18. The van der Waals surface area contributed by atoms with Crippen molar-refractivity contribution in [1.29, 1.82) is 0 Å². The number of fused-ring (bicyclic) bond motifs is 1. The highest BCUT2D eigenvalue weighted by Crippen LogP contribution is 2.33. The lowest BCUT2D eigenvalue weighted by atomic mass is 9.95. The van der Waals surface area contributed by atoms with Crippen LogP contribution in [0.3, 0.4) is 0 Å². The van der Waals surface area contributed by atoms with Gasteiger partial charge in [-0.2, -0.15) is 5.10 Å². The third kappa shape index (κ3) is 5.01. The molecule has 1 aliphatic heterocycles. The summed E-state index contributed by atoms with van der Waals surface area (Å²) >= 11 is 0. The first-order valence-electron chi connectivity index (χ1n) is 12.0. The third-order valence-electron chi connectivity index (χ3n) is 6.78. The van der Waals surface area contributed by atoms with Crippen LogP contribution in [0.5, 0.6) is 0 Å². The van der Waals surface area contributed by atoms with Crippen LogP contribution in [0.4, 0.5) is 4.39 Å². The molecular weight excluding hydrogens is 493 g/mol. The summed E-state index contributed by atoms with van der Waals surface area (Å²) in [4.78, 5) is 13.2. The molecule has 1 unspecified atom stereocenters. The number of rotatable bonds is 5. The molecule has 1 aromatic heterocycles. The van der Waals surface area contributed by atoms with E-state index in [2.05, 4.69) is 5.32 Å². The Labute approximate surface area is 214 Å². The van der Waals surface area contributed by atoms with Crippen molar-refractivity contribution in [2.75, 3.05) is 11.5 Å². The number of hydrogen-bond donors (Lipinski definition) is 2. The van der Waals surface area contributed by atoms with Crippen molar-refractivity contribution < 1.29 is 22.7 Å². The van der Waals surface area contributed by atoms with Crippen molar-refractivity contribution in [3.05, 3.63) is 83.7 Å². The standard InChI is InChI=1S/C28H28FN3O4S/c1-27(2,34)20-6-4-5-18(15-20)25-23-12-7-19(26(33)30-28(3)13-14-37(35,36)17-28)16-24(23)32(31-25)22-10-8-21(29)9-11-22/h4-12,15-16,34H,13-14,17H2,1-3H3,(H,30,33). The van der Waals surface area contributed by atoms with Crippen molar-refractivity contribution in [3.8, 4) is 16.9 Å². The molecule has 1 saturated heterocycles. The van der Waals surface area contributed by atoms with E-state index in [4.69, 9.17) is 5.10 Å². The van der Waals surface area contributed by atoms with Crippen molar-refractivity contribution in [2.24, 2.45) is 0 Å².